The molecule has 1 aliphatic rings. The van der Waals surface area contributed by atoms with Gasteiger partial charge in [-0.05, 0) is 23.6 Å². The molecule has 4 heteroatoms. The summed E-state index contributed by atoms with van der Waals surface area (Å²) in [5.41, 5.74) is 3.47. The van der Waals surface area contributed by atoms with Gasteiger partial charge in [-0.25, -0.2) is 8.42 Å². The molecule has 0 amide bonds. The van der Waals surface area contributed by atoms with E-state index in [4.69, 9.17) is 0 Å². The molecule has 2 rings (SSSR count). The van der Waals surface area contributed by atoms with Crippen LogP contribution in [0, 0.1) is 6.92 Å². The Bertz CT molecular complexity index is 465. The Kier molecular flexibility index (Phi) is 2.12. The third kappa shape index (κ3) is 1.55. The Balaban J connectivity index is 2.40. The van der Waals surface area contributed by atoms with E-state index in [0.717, 1.165) is 11.1 Å². The van der Waals surface area contributed by atoms with Crippen molar-refractivity contribution in [2.75, 3.05) is 6.26 Å². The van der Waals surface area contributed by atoms with Crippen LogP contribution in [0.3, 0.4) is 0 Å². The van der Waals surface area contributed by atoms with Crippen molar-refractivity contribution in [3.8, 4) is 0 Å². The molecule has 0 bridgehead atoms. The van der Waals surface area contributed by atoms with Crippen LogP contribution in [0.15, 0.2) is 18.2 Å². The van der Waals surface area contributed by atoms with Gasteiger partial charge in [-0.15, -0.1) is 0 Å². The quantitative estimate of drug-likeness (QED) is 0.701. The first-order chi connectivity index (χ1) is 6.48. The van der Waals surface area contributed by atoms with Gasteiger partial charge in [-0.3, -0.25) is 0 Å². The van der Waals surface area contributed by atoms with Crippen molar-refractivity contribution >= 4 is 10.0 Å². The van der Waals surface area contributed by atoms with E-state index in [1.54, 1.807) is 0 Å². The average molecular weight is 211 g/mol. The van der Waals surface area contributed by atoms with Crippen molar-refractivity contribution in [1.82, 2.24) is 4.31 Å². The van der Waals surface area contributed by atoms with Gasteiger partial charge in [-0.1, -0.05) is 18.2 Å². The highest BCUT2D eigenvalue weighted by molar-refractivity contribution is 7.88. The van der Waals surface area contributed by atoms with Gasteiger partial charge in [0.15, 0.2) is 0 Å². The fourth-order valence-electron chi connectivity index (χ4n) is 1.79. The maximum atomic E-state index is 11.3. The number of hydrogen-bond acceptors (Lipinski definition) is 2. The lowest BCUT2D eigenvalue weighted by Crippen LogP contribution is -2.23. The predicted octanol–water partition coefficient (Wildman–Crippen LogP) is 1.27. The van der Waals surface area contributed by atoms with Crippen molar-refractivity contribution < 1.29 is 8.42 Å². The van der Waals surface area contributed by atoms with Gasteiger partial charge in [-0.2, -0.15) is 4.31 Å². The summed E-state index contributed by atoms with van der Waals surface area (Å²) >= 11 is 0. The smallest absolute Gasteiger partial charge is 0.211 e. The van der Waals surface area contributed by atoms with Gasteiger partial charge in [0.1, 0.15) is 0 Å². The Labute approximate surface area is 84.4 Å². The molecule has 0 fully saturated rings. The Morgan fingerprint density at radius 3 is 2.57 bits per heavy atom. The minimum atomic E-state index is -3.05. The zero-order valence-electron chi connectivity index (χ0n) is 8.32. The van der Waals surface area contributed by atoms with Crippen molar-refractivity contribution in [2.24, 2.45) is 0 Å². The highest BCUT2D eigenvalue weighted by Gasteiger charge is 2.26. The standard InChI is InChI=1S/C10H13NO2S/c1-8-4-3-5-9-6-11(7-10(8)9)14(2,12)13/h3-5H,6-7H2,1-2H3. The zero-order chi connectivity index (χ0) is 10.3. The Morgan fingerprint density at radius 1 is 1.29 bits per heavy atom. The van der Waals surface area contributed by atoms with E-state index in [0.29, 0.717) is 13.1 Å². The maximum absolute atomic E-state index is 11.3. The number of hydrogen-bond donors (Lipinski definition) is 0. The van der Waals surface area contributed by atoms with Crippen molar-refractivity contribution in [3.05, 3.63) is 34.9 Å². The van der Waals surface area contributed by atoms with E-state index in [9.17, 15) is 8.42 Å². The van der Waals surface area contributed by atoms with Crippen LogP contribution in [0.1, 0.15) is 16.7 Å². The van der Waals surface area contributed by atoms with Gasteiger partial charge in [0.2, 0.25) is 10.0 Å². The average Bonchev–Trinajstić information content (AvgIpc) is 2.48. The summed E-state index contributed by atoms with van der Waals surface area (Å²) < 4.78 is 24.2. The third-order valence-corrected chi connectivity index (χ3v) is 3.85. The second kappa shape index (κ2) is 3.07. The number of nitrogens with zero attached hydrogens (tertiary/aromatic N) is 1. The van der Waals surface area contributed by atoms with Gasteiger partial charge in [0.25, 0.3) is 0 Å². The lowest BCUT2D eigenvalue weighted by atomic mass is 10.1. The fourth-order valence-corrected chi connectivity index (χ4v) is 2.53. The Hall–Kier alpha value is -0.870. The fraction of sp³-hybridized carbons (Fsp3) is 0.400. The number of fused-ring (bicyclic) bond motifs is 1. The summed E-state index contributed by atoms with van der Waals surface area (Å²) in [6, 6.07) is 5.98. The van der Waals surface area contributed by atoms with E-state index < -0.39 is 10.0 Å². The molecule has 0 N–H and O–H groups in total. The van der Waals surface area contributed by atoms with E-state index in [1.807, 2.05) is 25.1 Å². The molecule has 3 nitrogen and oxygen atoms in total. The van der Waals surface area contributed by atoms with Crippen molar-refractivity contribution in [3.63, 3.8) is 0 Å². The van der Waals surface area contributed by atoms with Gasteiger partial charge in [0, 0.05) is 13.1 Å². The highest BCUT2D eigenvalue weighted by atomic mass is 32.2. The summed E-state index contributed by atoms with van der Waals surface area (Å²) in [5, 5.41) is 0. The molecule has 1 aromatic carbocycles. The van der Waals surface area contributed by atoms with Crippen LogP contribution in [0.5, 0.6) is 0 Å². The largest absolute Gasteiger partial charge is 0.212 e. The first-order valence-electron chi connectivity index (χ1n) is 4.51. The van der Waals surface area contributed by atoms with Crippen LogP contribution in [-0.4, -0.2) is 19.0 Å². The molecule has 0 saturated carbocycles. The second-order valence-electron chi connectivity index (χ2n) is 3.74. The first-order valence-corrected chi connectivity index (χ1v) is 6.36. The summed E-state index contributed by atoms with van der Waals surface area (Å²) in [6.07, 6.45) is 1.26. The molecule has 0 aliphatic carbocycles. The molecule has 0 atom stereocenters. The Morgan fingerprint density at radius 2 is 2.00 bits per heavy atom. The highest BCUT2D eigenvalue weighted by Crippen LogP contribution is 2.26. The second-order valence-corrected chi connectivity index (χ2v) is 5.73. The molecule has 0 saturated heterocycles. The van der Waals surface area contributed by atoms with E-state index in [1.165, 1.54) is 16.1 Å². The summed E-state index contributed by atoms with van der Waals surface area (Å²) in [7, 11) is -3.05. The molecule has 1 heterocycles. The lowest BCUT2D eigenvalue weighted by Gasteiger charge is -2.10. The van der Waals surface area contributed by atoms with Crippen LogP contribution in [0.25, 0.3) is 0 Å². The minimum Gasteiger partial charge on any atom is -0.212 e. The molecular weight excluding hydrogens is 198 g/mol. The number of aryl methyl sites for hydroxylation is 1. The van der Waals surface area contributed by atoms with Crippen LogP contribution in [0.4, 0.5) is 0 Å². The molecule has 0 radical (unpaired) electrons. The van der Waals surface area contributed by atoms with Crippen LogP contribution < -0.4 is 0 Å². The van der Waals surface area contributed by atoms with E-state index in [-0.39, 0.29) is 0 Å². The van der Waals surface area contributed by atoms with Crippen LogP contribution >= 0.6 is 0 Å². The number of rotatable bonds is 1. The number of benzene rings is 1. The summed E-state index contributed by atoms with van der Waals surface area (Å²) in [4.78, 5) is 0. The normalized spacial score (nSPS) is 17.0. The lowest BCUT2D eigenvalue weighted by molar-refractivity contribution is 0.436. The van der Waals surface area contributed by atoms with Gasteiger partial charge >= 0.3 is 0 Å². The topological polar surface area (TPSA) is 37.4 Å². The number of sulfonamides is 1. The van der Waals surface area contributed by atoms with Gasteiger partial charge < -0.3 is 0 Å². The van der Waals surface area contributed by atoms with Crippen molar-refractivity contribution in [2.45, 2.75) is 20.0 Å². The monoisotopic (exact) mass is 211 g/mol. The molecule has 1 aliphatic heterocycles. The summed E-state index contributed by atoms with van der Waals surface area (Å²) in [6.45, 7) is 3.07. The summed E-state index contributed by atoms with van der Waals surface area (Å²) in [5.74, 6) is 0. The third-order valence-electron chi connectivity index (χ3n) is 2.66. The minimum absolute atomic E-state index is 0.524. The van der Waals surface area contributed by atoms with Crippen LogP contribution in [0.2, 0.25) is 0 Å². The van der Waals surface area contributed by atoms with E-state index >= 15 is 0 Å². The molecule has 0 aromatic heterocycles. The molecule has 14 heavy (non-hydrogen) atoms. The predicted molar refractivity (Wildman–Crippen MR) is 55.3 cm³/mol. The van der Waals surface area contributed by atoms with Gasteiger partial charge in [0.05, 0.1) is 6.26 Å². The van der Waals surface area contributed by atoms with Crippen molar-refractivity contribution in [1.29, 1.82) is 0 Å². The van der Waals surface area contributed by atoms with Crippen LogP contribution in [-0.2, 0) is 23.1 Å². The molecule has 1 aromatic rings. The maximum Gasteiger partial charge on any atom is 0.211 e. The molecule has 0 spiro atoms. The zero-order valence-corrected chi connectivity index (χ0v) is 9.13. The SMILES string of the molecule is Cc1cccc2c1CN(S(C)(=O)=O)C2. The molecular formula is C10H13NO2S. The molecule has 76 valence electrons. The van der Waals surface area contributed by atoms with E-state index in [2.05, 4.69) is 0 Å². The first kappa shape index (κ1) is 9.68. The molecule has 0 unspecified atom stereocenters.